The minimum atomic E-state index is 0.352. The quantitative estimate of drug-likeness (QED) is 0.629. The van der Waals surface area contributed by atoms with Gasteiger partial charge in [-0.1, -0.05) is 13.8 Å². The summed E-state index contributed by atoms with van der Waals surface area (Å²) >= 11 is 2.03. The van der Waals surface area contributed by atoms with Gasteiger partial charge in [0.1, 0.15) is 18.0 Å². The van der Waals surface area contributed by atoms with Crippen LogP contribution in [-0.4, -0.2) is 33.6 Å². The fourth-order valence-corrected chi connectivity index (χ4v) is 3.24. The van der Waals surface area contributed by atoms with Crippen molar-refractivity contribution in [1.29, 1.82) is 0 Å². The number of hydrogen-bond donors (Lipinski definition) is 2. The van der Waals surface area contributed by atoms with Crippen LogP contribution in [0.5, 0.6) is 0 Å². The molecule has 2 rings (SSSR count). The van der Waals surface area contributed by atoms with E-state index in [2.05, 4.69) is 34.1 Å². The molecule has 0 aliphatic carbocycles. The first-order valence-corrected chi connectivity index (χ1v) is 7.19. The van der Waals surface area contributed by atoms with Crippen molar-refractivity contribution < 1.29 is 0 Å². The molecule has 1 aliphatic rings. The van der Waals surface area contributed by atoms with E-state index in [0.29, 0.717) is 10.6 Å². The number of rotatable bonds is 2. The molecule has 1 fully saturated rings. The third-order valence-electron chi connectivity index (χ3n) is 3.33. The predicted octanol–water partition coefficient (Wildman–Crippen LogP) is 1.79. The van der Waals surface area contributed by atoms with Gasteiger partial charge in [-0.25, -0.2) is 15.8 Å². The molecule has 0 atom stereocenters. The van der Waals surface area contributed by atoms with Gasteiger partial charge >= 0.3 is 0 Å². The van der Waals surface area contributed by atoms with E-state index in [0.717, 1.165) is 36.6 Å². The number of nitrogens with one attached hydrogen (secondary N) is 1. The van der Waals surface area contributed by atoms with E-state index < -0.39 is 0 Å². The van der Waals surface area contributed by atoms with Crippen LogP contribution in [0.4, 0.5) is 11.6 Å². The van der Waals surface area contributed by atoms with Gasteiger partial charge in [-0.2, -0.15) is 11.8 Å². The highest BCUT2D eigenvalue weighted by atomic mass is 32.2. The molecule has 0 spiro atoms. The summed E-state index contributed by atoms with van der Waals surface area (Å²) in [7, 11) is 0. The monoisotopic (exact) mass is 267 g/mol. The standard InChI is InChI=1S/C12H21N5S/c1-9-10(16-13)14-8-15-11(9)17-5-4-12(2,3)18-7-6-17/h8H,4-7,13H2,1-3H3,(H,14,15,16). The normalized spacial score (nSPS) is 19.4. The Hall–Kier alpha value is -1.01. The smallest absolute Gasteiger partial charge is 0.148 e. The third kappa shape index (κ3) is 2.87. The lowest BCUT2D eigenvalue weighted by molar-refractivity contribution is 0.634. The lowest BCUT2D eigenvalue weighted by Crippen LogP contribution is -2.29. The number of nitrogens with zero attached hydrogens (tertiary/aromatic N) is 3. The highest BCUT2D eigenvalue weighted by Crippen LogP contribution is 2.33. The zero-order chi connectivity index (χ0) is 13.2. The topological polar surface area (TPSA) is 67.1 Å². The average Bonchev–Trinajstić information content (AvgIpc) is 2.51. The predicted molar refractivity (Wildman–Crippen MR) is 77.9 cm³/mol. The molecule has 0 radical (unpaired) electrons. The van der Waals surface area contributed by atoms with Gasteiger partial charge in [-0.3, -0.25) is 0 Å². The Morgan fingerprint density at radius 1 is 1.39 bits per heavy atom. The lowest BCUT2D eigenvalue weighted by Gasteiger charge is -2.25. The van der Waals surface area contributed by atoms with E-state index >= 15 is 0 Å². The summed E-state index contributed by atoms with van der Waals surface area (Å²) in [6, 6.07) is 0. The molecule has 0 aromatic carbocycles. The van der Waals surface area contributed by atoms with Gasteiger partial charge in [-0.05, 0) is 13.3 Å². The second-order valence-electron chi connectivity index (χ2n) is 5.16. The van der Waals surface area contributed by atoms with Crippen molar-refractivity contribution in [2.75, 3.05) is 29.2 Å². The minimum absolute atomic E-state index is 0.352. The van der Waals surface area contributed by atoms with Crippen LogP contribution >= 0.6 is 11.8 Å². The summed E-state index contributed by atoms with van der Waals surface area (Å²) < 4.78 is 0.352. The number of hydrazine groups is 1. The van der Waals surface area contributed by atoms with Gasteiger partial charge in [0.25, 0.3) is 0 Å². The first-order chi connectivity index (χ1) is 8.53. The minimum Gasteiger partial charge on any atom is -0.355 e. The molecular formula is C12H21N5S. The molecule has 1 aliphatic heterocycles. The number of nitrogens with two attached hydrogens (primary N) is 1. The molecule has 2 heterocycles. The summed E-state index contributed by atoms with van der Waals surface area (Å²) in [5.41, 5.74) is 3.64. The molecular weight excluding hydrogens is 246 g/mol. The highest BCUT2D eigenvalue weighted by Gasteiger charge is 2.25. The molecule has 6 heteroatoms. The molecule has 100 valence electrons. The van der Waals surface area contributed by atoms with Crippen molar-refractivity contribution >= 4 is 23.4 Å². The third-order valence-corrected chi connectivity index (χ3v) is 4.70. The van der Waals surface area contributed by atoms with Crippen LogP contribution in [0.1, 0.15) is 25.8 Å². The maximum Gasteiger partial charge on any atom is 0.148 e. The van der Waals surface area contributed by atoms with Gasteiger partial charge in [0, 0.05) is 29.2 Å². The van der Waals surface area contributed by atoms with Gasteiger partial charge in [0.05, 0.1) is 0 Å². The maximum atomic E-state index is 5.46. The Morgan fingerprint density at radius 3 is 2.89 bits per heavy atom. The molecule has 1 aromatic heterocycles. The molecule has 18 heavy (non-hydrogen) atoms. The van der Waals surface area contributed by atoms with Gasteiger partial charge in [-0.15, -0.1) is 0 Å². The van der Waals surface area contributed by atoms with Crippen LogP contribution in [-0.2, 0) is 0 Å². The fourth-order valence-electron chi connectivity index (χ4n) is 2.14. The van der Waals surface area contributed by atoms with E-state index in [1.54, 1.807) is 6.33 Å². The lowest BCUT2D eigenvalue weighted by atomic mass is 10.1. The second kappa shape index (κ2) is 5.32. The molecule has 3 N–H and O–H groups in total. The van der Waals surface area contributed by atoms with Gasteiger partial charge in [0.15, 0.2) is 0 Å². The van der Waals surface area contributed by atoms with E-state index in [4.69, 9.17) is 5.84 Å². The number of aromatic nitrogens is 2. The zero-order valence-corrected chi connectivity index (χ0v) is 12.0. The van der Waals surface area contributed by atoms with E-state index in [1.165, 1.54) is 0 Å². The van der Waals surface area contributed by atoms with E-state index in [9.17, 15) is 0 Å². The van der Waals surface area contributed by atoms with Crippen LogP contribution in [0, 0.1) is 6.92 Å². The van der Waals surface area contributed by atoms with Gasteiger partial charge < -0.3 is 10.3 Å². The number of thioether (sulfide) groups is 1. The van der Waals surface area contributed by atoms with Crippen LogP contribution in [0.3, 0.4) is 0 Å². The summed E-state index contributed by atoms with van der Waals surface area (Å²) in [6.45, 7) is 8.67. The maximum absolute atomic E-state index is 5.46. The van der Waals surface area contributed by atoms with Crippen molar-refractivity contribution in [1.82, 2.24) is 9.97 Å². The summed E-state index contributed by atoms with van der Waals surface area (Å²) in [5.74, 6) is 8.29. The zero-order valence-electron chi connectivity index (χ0n) is 11.2. The largest absolute Gasteiger partial charge is 0.355 e. The van der Waals surface area contributed by atoms with Crippen LogP contribution in [0.15, 0.2) is 6.33 Å². The van der Waals surface area contributed by atoms with Crippen molar-refractivity contribution in [3.8, 4) is 0 Å². The Kier molecular flexibility index (Phi) is 3.97. The molecule has 5 nitrogen and oxygen atoms in total. The number of hydrogen-bond acceptors (Lipinski definition) is 6. The molecule has 0 bridgehead atoms. The molecule has 0 unspecified atom stereocenters. The Morgan fingerprint density at radius 2 is 2.17 bits per heavy atom. The highest BCUT2D eigenvalue weighted by molar-refractivity contribution is 8.00. The van der Waals surface area contributed by atoms with Crippen LogP contribution in [0.2, 0.25) is 0 Å². The van der Waals surface area contributed by atoms with Crippen LogP contribution < -0.4 is 16.2 Å². The van der Waals surface area contributed by atoms with Gasteiger partial charge in [0.2, 0.25) is 0 Å². The van der Waals surface area contributed by atoms with Crippen molar-refractivity contribution in [2.45, 2.75) is 31.9 Å². The van der Waals surface area contributed by atoms with E-state index in [-0.39, 0.29) is 0 Å². The summed E-state index contributed by atoms with van der Waals surface area (Å²) in [4.78, 5) is 10.9. The number of nitrogen functional groups attached to an aromatic ring is 1. The van der Waals surface area contributed by atoms with E-state index in [1.807, 2.05) is 18.7 Å². The SMILES string of the molecule is Cc1c(NN)ncnc1N1CCSC(C)(C)CC1. The first-order valence-electron chi connectivity index (χ1n) is 6.20. The average molecular weight is 267 g/mol. The second-order valence-corrected chi connectivity index (χ2v) is 6.96. The first kappa shape index (κ1) is 13.4. The Balaban J connectivity index is 2.21. The molecule has 0 amide bonds. The Labute approximate surface area is 113 Å². The number of anilines is 2. The Bertz CT molecular complexity index is 421. The molecule has 1 aromatic rings. The van der Waals surface area contributed by atoms with Crippen LogP contribution in [0.25, 0.3) is 0 Å². The summed E-state index contributed by atoms with van der Waals surface area (Å²) in [6.07, 6.45) is 2.73. The van der Waals surface area contributed by atoms with Crippen molar-refractivity contribution in [3.63, 3.8) is 0 Å². The van der Waals surface area contributed by atoms with Crippen molar-refractivity contribution in [3.05, 3.63) is 11.9 Å². The van der Waals surface area contributed by atoms with Crippen molar-refractivity contribution in [2.24, 2.45) is 5.84 Å². The molecule has 1 saturated heterocycles. The fraction of sp³-hybridized carbons (Fsp3) is 0.667. The summed E-state index contributed by atoms with van der Waals surface area (Å²) in [5, 5.41) is 0. The molecule has 0 saturated carbocycles.